The lowest BCUT2D eigenvalue weighted by molar-refractivity contribution is 0.566. The molecule has 0 amide bonds. The molecule has 0 aliphatic carbocycles. The molecule has 0 spiro atoms. The van der Waals surface area contributed by atoms with Crippen LogP contribution < -0.4 is 10.5 Å². The molecule has 19 heavy (non-hydrogen) atoms. The van der Waals surface area contributed by atoms with Gasteiger partial charge < -0.3 is 5.73 Å². The second kappa shape index (κ2) is 5.83. The van der Waals surface area contributed by atoms with Crippen molar-refractivity contribution in [3.63, 3.8) is 0 Å². The summed E-state index contributed by atoms with van der Waals surface area (Å²) in [6, 6.07) is 2.19. The summed E-state index contributed by atoms with van der Waals surface area (Å²) in [5.74, 6) is -0.264. The van der Waals surface area contributed by atoms with Gasteiger partial charge in [-0.3, -0.25) is 0 Å². The van der Waals surface area contributed by atoms with Gasteiger partial charge in [-0.1, -0.05) is 12.2 Å². The summed E-state index contributed by atoms with van der Waals surface area (Å²) >= 11 is 5.69. The van der Waals surface area contributed by atoms with Gasteiger partial charge in [0.15, 0.2) is 0 Å². The maximum atomic E-state index is 12.0. The Morgan fingerprint density at radius 3 is 2.42 bits per heavy atom. The van der Waals surface area contributed by atoms with E-state index in [1.165, 1.54) is 19.1 Å². The van der Waals surface area contributed by atoms with Crippen LogP contribution in [-0.2, 0) is 19.9 Å². The first-order chi connectivity index (χ1) is 8.51. The van der Waals surface area contributed by atoms with Crippen molar-refractivity contribution in [3.05, 3.63) is 17.0 Å². The molecule has 1 aromatic rings. The summed E-state index contributed by atoms with van der Waals surface area (Å²) in [4.78, 5) is 0.613. The molecule has 0 aliphatic rings. The molecule has 6 nitrogen and oxygen atoms in total. The zero-order valence-corrected chi connectivity index (χ0v) is 13.5. The number of hydrogen-bond donors (Lipinski definition) is 2. The Hall–Kier alpha value is -0.550. The predicted octanol–water partition coefficient (Wildman–Crippen LogP) is 0.0937. The van der Waals surface area contributed by atoms with Crippen molar-refractivity contribution in [2.45, 2.75) is 17.2 Å². The molecule has 0 radical (unpaired) electrons. The summed E-state index contributed by atoms with van der Waals surface area (Å²) in [7, 11) is -7.01. The molecule has 1 heterocycles. The third kappa shape index (κ3) is 5.15. The molecule has 108 valence electrons. The van der Waals surface area contributed by atoms with E-state index in [4.69, 9.17) is 18.0 Å². The van der Waals surface area contributed by atoms with Gasteiger partial charge in [-0.25, -0.2) is 21.6 Å². The van der Waals surface area contributed by atoms with Gasteiger partial charge in [0, 0.05) is 12.3 Å². The minimum absolute atomic E-state index is 0.0515. The Kier molecular flexibility index (Phi) is 5.07. The van der Waals surface area contributed by atoms with E-state index in [2.05, 4.69) is 4.72 Å². The first-order valence-electron chi connectivity index (χ1n) is 5.11. The zero-order chi connectivity index (χ0) is 14.8. The van der Waals surface area contributed by atoms with Crippen LogP contribution in [0.15, 0.2) is 16.3 Å². The average Bonchev–Trinajstić information content (AvgIpc) is 2.61. The first kappa shape index (κ1) is 16.5. The highest BCUT2D eigenvalue weighted by Gasteiger charge is 2.22. The Balaban J connectivity index is 2.89. The number of rotatable bonds is 6. The molecule has 1 unspecified atom stereocenters. The summed E-state index contributed by atoms with van der Waals surface area (Å²) < 4.78 is 48.5. The summed E-state index contributed by atoms with van der Waals surface area (Å²) in [5.41, 5.74) is 5.40. The fraction of sp³-hybridized carbons (Fsp3) is 0.444. The van der Waals surface area contributed by atoms with Gasteiger partial charge >= 0.3 is 0 Å². The number of nitrogens with two attached hydrogens (primary N) is 1. The number of sulfone groups is 1. The quantitative estimate of drug-likeness (QED) is 0.710. The fourth-order valence-electron chi connectivity index (χ4n) is 1.41. The van der Waals surface area contributed by atoms with Gasteiger partial charge in [-0.05, 0) is 19.1 Å². The molecule has 10 heteroatoms. The molecule has 0 aromatic carbocycles. The van der Waals surface area contributed by atoms with Crippen LogP contribution >= 0.6 is 23.6 Å². The molecule has 1 aromatic heterocycles. The SMILES string of the molecule is CC(CS(C)(=O)=O)NS(=O)(=O)c1ccc(C(N)=S)s1. The standard InChI is InChI=1S/C9H14N2O4S4/c1-6(5-18(2,12)13)11-19(14,15)8-4-3-7(17-8)9(10)16/h3-4,6,11H,5H2,1-2H3,(H2,10,16). The van der Waals surface area contributed by atoms with Crippen molar-refractivity contribution in [2.24, 2.45) is 5.73 Å². The van der Waals surface area contributed by atoms with E-state index >= 15 is 0 Å². The summed E-state index contributed by atoms with van der Waals surface area (Å²) in [5, 5.41) is 0. The molecule has 3 N–H and O–H groups in total. The van der Waals surface area contributed by atoms with E-state index in [1.54, 1.807) is 0 Å². The van der Waals surface area contributed by atoms with Crippen molar-refractivity contribution in [2.75, 3.05) is 12.0 Å². The van der Waals surface area contributed by atoms with Crippen LogP contribution in [0.1, 0.15) is 11.8 Å². The Morgan fingerprint density at radius 2 is 2.00 bits per heavy atom. The largest absolute Gasteiger partial charge is 0.389 e. The minimum Gasteiger partial charge on any atom is -0.389 e. The maximum absolute atomic E-state index is 12.0. The first-order valence-corrected chi connectivity index (χ1v) is 9.88. The van der Waals surface area contributed by atoms with Crippen LogP contribution in [0.2, 0.25) is 0 Å². The molecule has 0 bridgehead atoms. The van der Waals surface area contributed by atoms with Crippen LogP contribution in [-0.4, -0.2) is 39.9 Å². The fourth-order valence-corrected chi connectivity index (χ4v) is 5.12. The van der Waals surface area contributed by atoms with Crippen molar-refractivity contribution in [1.29, 1.82) is 0 Å². The smallest absolute Gasteiger partial charge is 0.250 e. The summed E-state index contributed by atoms with van der Waals surface area (Å²) in [6.07, 6.45) is 1.05. The van der Waals surface area contributed by atoms with Crippen LogP contribution in [0.3, 0.4) is 0 Å². The molecule has 0 fully saturated rings. The zero-order valence-electron chi connectivity index (χ0n) is 10.3. The van der Waals surface area contributed by atoms with E-state index in [9.17, 15) is 16.8 Å². The monoisotopic (exact) mass is 342 g/mol. The molecule has 0 saturated carbocycles. The van der Waals surface area contributed by atoms with E-state index < -0.39 is 25.9 Å². The molecular weight excluding hydrogens is 328 g/mol. The number of thiophene rings is 1. The highest BCUT2D eigenvalue weighted by atomic mass is 32.2. The van der Waals surface area contributed by atoms with Crippen molar-refractivity contribution >= 4 is 48.4 Å². The van der Waals surface area contributed by atoms with Crippen LogP contribution in [0.25, 0.3) is 0 Å². The Labute approximate surface area is 122 Å². The maximum Gasteiger partial charge on any atom is 0.250 e. The predicted molar refractivity (Wildman–Crippen MR) is 79.7 cm³/mol. The van der Waals surface area contributed by atoms with E-state index in [0.717, 1.165) is 17.6 Å². The van der Waals surface area contributed by atoms with Crippen molar-refractivity contribution in [1.82, 2.24) is 4.72 Å². The molecule has 0 aliphatic heterocycles. The van der Waals surface area contributed by atoms with E-state index in [-0.39, 0.29) is 15.0 Å². The second-order valence-electron chi connectivity index (χ2n) is 4.10. The lowest BCUT2D eigenvalue weighted by Gasteiger charge is -2.11. The third-order valence-corrected chi connectivity index (χ3v) is 6.65. The highest BCUT2D eigenvalue weighted by Crippen LogP contribution is 2.21. The average molecular weight is 342 g/mol. The van der Waals surface area contributed by atoms with E-state index in [1.807, 2.05) is 0 Å². The summed E-state index contributed by atoms with van der Waals surface area (Å²) in [6.45, 7) is 1.49. The molecule has 0 saturated heterocycles. The Morgan fingerprint density at radius 1 is 1.42 bits per heavy atom. The second-order valence-corrected chi connectivity index (χ2v) is 9.75. The van der Waals surface area contributed by atoms with Crippen molar-refractivity contribution < 1.29 is 16.8 Å². The number of thiocarbonyl (C=S) groups is 1. The van der Waals surface area contributed by atoms with E-state index in [0.29, 0.717) is 4.88 Å². The molecule has 1 rings (SSSR count). The Bertz CT molecular complexity index is 675. The van der Waals surface area contributed by atoms with Crippen LogP contribution in [0.5, 0.6) is 0 Å². The normalized spacial score (nSPS) is 14.2. The number of hydrogen-bond acceptors (Lipinski definition) is 6. The lowest BCUT2D eigenvalue weighted by Crippen LogP contribution is -2.36. The third-order valence-electron chi connectivity index (χ3n) is 2.00. The van der Waals surface area contributed by atoms with Gasteiger partial charge in [0.05, 0.1) is 10.6 Å². The lowest BCUT2D eigenvalue weighted by atomic mass is 10.4. The number of sulfonamides is 1. The minimum atomic E-state index is -3.76. The van der Waals surface area contributed by atoms with Gasteiger partial charge in [-0.15, -0.1) is 11.3 Å². The van der Waals surface area contributed by atoms with Gasteiger partial charge in [0.1, 0.15) is 19.0 Å². The molecular formula is C9H14N2O4S4. The van der Waals surface area contributed by atoms with Gasteiger partial charge in [0.25, 0.3) is 0 Å². The van der Waals surface area contributed by atoms with Gasteiger partial charge in [0.2, 0.25) is 10.0 Å². The topological polar surface area (TPSA) is 106 Å². The number of nitrogens with one attached hydrogen (secondary N) is 1. The van der Waals surface area contributed by atoms with Crippen LogP contribution in [0.4, 0.5) is 0 Å². The van der Waals surface area contributed by atoms with Crippen LogP contribution in [0, 0.1) is 0 Å². The highest BCUT2D eigenvalue weighted by molar-refractivity contribution is 7.92. The van der Waals surface area contributed by atoms with Gasteiger partial charge in [-0.2, -0.15) is 0 Å². The van der Waals surface area contributed by atoms with Crippen molar-refractivity contribution in [3.8, 4) is 0 Å². The molecule has 1 atom stereocenters.